The SMILES string of the molecule is CN(c1ccc(OC(F)(F)F)cc1)c1ccc2c(c1)OCC[C@H]2CNc1cnccc1C(=O)O. The van der Waals surface area contributed by atoms with Crippen LogP contribution in [0.15, 0.2) is 60.9 Å². The van der Waals surface area contributed by atoms with Crippen LogP contribution in [0, 0.1) is 0 Å². The first-order chi connectivity index (χ1) is 16.2. The first-order valence-corrected chi connectivity index (χ1v) is 10.5. The maximum atomic E-state index is 12.4. The summed E-state index contributed by atoms with van der Waals surface area (Å²) in [6.07, 6.45) is -1.04. The van der Waals surface area contributed by atoms with Crippen molar-refractivity contribution < 1.29 is 32.5 Å². The van der Waals surface area contributed by atoms with E-state index in [1.165, 1.54) is 30.6 Å². The average Bonchev–Trinajstić information content (AvgIpc) is 2.81. The smallest absolute Gasteiger partial charge is 0.493 e. The third kappa shape index (κ3) is 5.33. The summed E-state index contributed by atoms with van der Waals surface area (Å²) in [6.45, 7) is 1.02. The fourth-order valence-electron chi connectivity index (χ4n) is 3.85. The third-order valence-electron chi connectivity index (χ3n) is 5.60. The van der Waals surface area contributed by atoms with Gasteiger partial charge in [-0.1, -0.05) is 6.07 Å². The van der Waals surface area contributed by atoms with Crippen molar-refractivity contribution in [3.63, 3.8) is 0 Å². The van der Waals surface area contributed by atoms with Gasteiger partial charge in [0, 0.05) is 43.1 Å². The molecule has 0 unspecified atom stereocenters. The fourth-order valence-corrected chi connectivity index (χ4v) is 3.85. The van der Waals surface area contributed by atoms with E-state index in [1.54, 1.807) is 19.2 Å². The highest BCUT2D eigenvalue weighted by molar-refractivity contribution is 5.93. The highest BCUT2D eigenvalue weighted by Gasteiger charge is 2.31. The number of hydrogen-bond donors (Lipinski definition) is 2. The van der Waals surface area contributed by atoms with Crippen molar-refractivity contribution >= 4 is 23.0 Å². The molecule has 3 aromatic rings. The summed E-state index contributed by atoms with van der Waals surface area (Å²) in [7, 11) is 1.80. The van der Waals surface area contributed by atoms with Gasteiger partial charge < -0.3 is 24.8 Å². The van der Waals surface area contributed by atoms with Gasteiger partial charge in [-0.2, -0.15) is 0 Å². The number of ether oxygens (including phenoxy) is 2. The van der Waals surface area contributed by atoms with Crippen molar-refractivity contribution in [2.75, 3.05) is 30.4 Å². The number of carboxylic acids is 1. The molecule has 7 nitrogen and oxygen atoms in total. The van der Waals surface area contributed by atoms with Crippen LogP contribution in [0.25, 0.3) is 0 Å². The Bertz CT molecular complexity index is 1170. The Labute approximate surface area is 193 Å². The monoisotopic (exact) mass is 473 g/mol. The molecule has 1 aromatic heterocycles. The minimum Gasteiger partial charge on any atom is -0.493 e. The number of anilines is 3. The van der Waals surface area contributed by atoms with Gasteiger partial charge in [-0.15, -0.1) is 13.2 Å². The Morgan fingerprint density at radius 1 is 1.21 bits per heavy atom. The number of fused-ring (bicyclic) bond motifs is 1. The molecule has 0 amide bonds. The molecule has 0 fully saturated rings. The van der Waals surface area contributed by atoms with Gasteiger partial charge in [-0.05, 0) is 48.4 Å². The molecule has 2 aromatic carbocycles. The number of aromatic carboxylic acids is 1. The number of carbonyl (C=O) groups is 1. The summed E-state index contributed by atoms with van der Waals surface area (Å²) >= 11 is 0. The van der Waals surface area contributed by atoms with E-state index in [4.69, 9.17) is 4.74 Å². The van der Waals surface area contributed by atoms with Crippen LogP contribution in [0.3, 0.4) is 0 Å². The second kappa shape index (κ2) is 9.50. The predicted molar refractivity (Wildman–Crippen MR) is 120 cm³/mol. The van der Waals surface area contributed by atoms with Crippen molar-refractivity contribution in [2.24, 2.45) is 0 Å². The molecule has 0 saturated carbocycles. The minimum absolute atomic E-state index is 0.101. The average molecular weight is 473 g/mol. The van der Waals surface area contributed by atoms with E-state index in [9.17, 15) is 23.1 Å². The van der Waals surface area contributed by atoms with Crippen LogP contribution >= 0.6 is 0 Å². The highest BCUT2D eigenvalue weighted by atomic mass is 19.4. The van der Waals surface area contributed by atoms with Crippen LogP contribution in [0.4, 0.5) is 30.2 Å². The molecule has 1 aliphatic rings. The molecule has 1 aliphatic heterocycles. The van der Waals surface area contributed by atoms with Gasteiger partial charge in [0.05, 0.1) is 24.1 Å². The number of nitrogens with zero attached hydrogens (tertiary/aromatic N) is 2. The van der Waals surface area contributed by atoms with Crippen LogP contribution in [0.5, 0.6) is 11.5 Å². The van der Waals surface area contributed by atoms with Crippen molar-refractivity contribution in [1.82, 2.24) is 4.98 Å². The van der Waals surface area contributed by atoms with Crippen LogP contribution in [0.2, 0.25) is 0 Å². The summed E-state index contributed by atoms with van der Waals surface area (Å²) < 4.78 is 46.9. The number of aromatic nitrogens is 1. The Balaban J connectivity index is 1.48. The maximum Gasteiger partial charge on any atom is 0.573 e. The second-order valence-corrected chi connectivity index (χ2v) is 7.76. The maximum absolute atomic E-state index is 12.4. The lowest BCUT2D eigenvalue weighted by molar-refractivity contribution is -0.274. The van der Waals surface area contributed by atoms with Crippen LogP contribution in [-0.2, 0) is 0 Å². The largest absolute Gasteiger partial charge is 0.573 e. The van der Waals surface area contributed by atoms with E-state index in [-0.39, 0.29) is 17.2 Å². The third-order valence-corrected chi connectivity index (χ3v) is 5.60. The molecule has 2 heterocycles. The Hall–Kier alpha value is -3.95. The Morgan fingerprint density at radius 2 is 1.94 bits per heavy atom. The summed E-state index contributed by atoms with van der Waals surface area (Å²) in [5.41, 5.74) is 3.09. The van der Waals surface area contributed by atoms with Crippen molar-refractivity contribution in [3.8, 4) is 11.5 Å². The molecule has 4 rings (SSSR count). The lowest BCUT2D eigenvalue weighted by atomic mass is 9.92. The first-order valence-electron chi connectivity index (χ1n) is 10.5. The van der Waals surface area contributed by atoms with Crippen molar-refractivity contribution in [2.45, 2.75) is 18.7 Å². The van der Waals surface area contributed by atoms with E-state index in [0.717, 1.165) is 17.7 Å². The molecule has 0 radical (unpaired) electrons. The summed E-state index contributed by atoms with van der Waals surface area (Å²) in [4.78, 5) is 17.2. The molecule has 10 heteroatoms. The van der Waals surface area contributed by atoms with E-state index in [2.05, 4.69) is 15.0 Å². The van der Waals surface area contributed by atoms with Crippen LogP contribution < -0.4 is 19.7 Å². The zero-order valence-electron chi connectivity index (χ0n) is 18.2. The van der Waals surface area contributed by atoms with E-state index in [1.807, 2.05) is 23.1 Å². The first kappa shape index (κ1) is 23.2. The zero-order valence-corrected chi connectivity index (χ0v) is 18.2. The van der Waals surface area contributed by atoms with Gasteiger partial charge in [0.15, 0.2) is 0 Å². The quantitative estimate of drug-likeness (QED) is 0.474. The predicted octanol–water partition coefficient (Wildman–Crippen LogP) is 5.42. The zero-order chi connectivity index (χ0) is 24.3. The summed E-state index contributed by atoms with van der Waals surface area (Å²) in [5, 5.41) is 12.5. The summed E-state index contributed by atoms with van der Waals surface area (Å²) in [5.74, 6) is -0.496. The molecule has 0 saturated heterocycles. The van der Waals surface area contributed by atoms with Crippen molar-refractivity contribution in [1.29, 1.82) is 0 Å². The van der Waals surface area contributed by atoms with Crippen LogP contribution in [0.1, 0.15) is 28.3 Å². The molecule has 0 spiro atoms. The van der Waals surface area contributed by atoms with E-state index in [0.29, 0.717) is 30.3 Å². The number of nitrogens with one attached hydrogen (secondary N) is 1. The Morgan fingerprint density at radius 3 is 2.65 bits per heavy atom. The van der Waals surface area contributed by atoms with Gasteiger partial charge >= 0.3 is 12.3 Å². The van der Waals surface area contributed by atoms with Gasteiger partial charge in [-0.3, -0.25) is 4.98 Å². The van der Waals surface area contributed by atoms with Crippen molar-refractivity contribution in [3.05, 3.63) is 72.1 Å². The Kier molecular flexibility index (Phi) is 6.49. The normalized spacial score (nSPS) is 15.1. The lowest BCUT2D eigenvalue weighted by Gasteiger charge is -2.28. The van der Waals surface area contributed by atoms with E-state index >= 15 is 0 Å². The summed E-state index contributed by atoms with van der Waals surface area (Å²) in [6, 6.07) is 12.8. The van der Waals surface area contributed by atoms with Gasteiger partial charge in [0.2, 0.25) is 0 Å². The number of halogens is 3. The van der Waals surface area contributed by atoms with Crippen LogP contribution in [-0.4, -0.2) is 42.6 Å². The number of carboxylic acid groups (broad SMARTS) is 1. The van der Waals surface area contributed by atoms with Gasteiger partial charge in [0.1, 0.15) is 11.5 Å². The molecular formula is C24H22F3N3O4. The minimum atomic E-state index is -4.74. The molecule has 34 heavy (non-hydrogen) atoms. The number of rotatable bonds is 7. The molecule has 0 aliphatic carbocycles. The lowest BCUT2D eigenvalue weighted by Crippen LogP contribution is -2.22. The molecule has 1 atom stereocenters. The van der Waals surface area contributed by atoms with Gasteiger partial charge in [0.25, 0.3) is 0 Å². The topological polar surface area (TPSA) is 83.9 Å². The number of alkyl halides is 3. The molecule has 0 bridgehead atoms. The number of pyridine rings is 1. The number of benzene rings is 2. The van der Waals surface area contributed by atoms with Gasteiger partial charge in [-0.25, -0.2) is 4.79 Å². The standard InChI is InChI=1S/C24H22F3N3O4/c1-30(16-2-5-18(6-3-16)34-24(25,26)27)17-4-7-19-15(9-11-33-22(19)12-17)13-29-21-14-28-10-8-20(21)23(31)32/h2-8,10,12,14-15,29H,9,11,13H2,1H3,(H,31,32)/t15-/m0/s1. The highest BCUT2D eigenvalue weighted by Crippen LogP contribution is 2.38. The fraction of sp³-hybridized carbons (Fsp3) is 0.250. The molecular weight excluding hydrogens is 451 g/mol. The molecule has 2 N–H and O–H groups in total. The second-order valence-electron chi connectivity index (χ2n) is 7.76. The molecule has 178 valence electrons. The van der Waals surface area contributed by atoms with E-state index < -0.39 is 12.3 Å². The number of hydrogen-bond acceptors (Lipinski definition) is 6.